The number of aromatic nitrogens is 6. The Morgan fingerprint density at radius 2 is 2.09 bits per heavy atom. The van der Waals surface area contributed by atoms with Crippen LogP contribution < -0.4 is 5.32 Å². The largest absolute Gasteiger partial charge is 0.483 e. The lowest BCUT2D eigenvalue weighted by molar-refractivity contribution is -0.123. The molecule has 0 bridgehead atoms. The van der Waals surface area contributed by atoms with E-state index in [9.17, 15) is 9.59 Å². The van der Waals surface area contributed by atoms with E-state index >= 15 is 0 Å². The summed E-state index contributed by atoms with van der Waals surface area (Å²) in [5, 5.41) is 18.5. The Morgan fingerprint density at radius 3 is 2.82 bits per heavy atom. The van der Waals surface area contributed by atoms with E-state index in [0.717, 1.165) is 16.8 Å². The molecule has 34 heavy (non-hydrogen) atoms. The number of carbonyl (C=O) groups is 3. The Balaban J connectivity index is 0.000000764. The summed E-state index contributed by atoms with van der Waals surface area (Å²) in [7, 11) is 1.81. The number of hydrogen-bond donors (Lipinski definition) is 2. The van der Waals surface area contributed by atoms with Gasteiger partial charge in [-0.2, -0.15) is 10.1 Å². The normalized spacial score (nSPS) is 20.7. The molecule has 0 saturated carbocycles. The van der Waals surface area contributed by atoms with Crippen molar-refractivity contribution >= 4 is 29.8 Å². The molecule has 1 aromatic carbocycles. The number of carbonyl (C=O) groups excluding carboxylic acids is 2. The molecule has 12 nitrogen and oxygen atoms in total. The van der Waals surface area contributed by atoms with Crippen LogP contribution in [0.15, 0.2) is 55.1 Å². The van der Waals surface area contributed by atoms with Crippen molar-refractivity contribution in [2.24, 2.45) is 7.05 Å². The van der Waals surface area contributed by atoms with Gasteiger partial charge in [0.2, 0.25) is 11.7 Å². The maximum Gasteiger partial charge on any atom is 0.294 e. The summed E-state index contributed by atoms with van der Waals surface area (Å²) >= 11 is 0. The number of nitrogens with zero attached hydrogens (tertiary/aromatic N) is 7. The molecule has 4 aromatic rings. The monoisotopic (exact) mass is 460 g/mol. The number of para-hydroxylation sites is 1. The van der Waals surface area contributed by atoms with Crippen LogP contribution in [0.1, 0.15) is 34.2 Å². The number of aryl methyl sites for hydroxylation is 1. The highest BCUT2D eigenvalue weighted by atomic mass is 16.3. The lowest BCUT2D eigenvalue weighted by Crippen LogP contribution is -2.42. The quantitative estimate of drug-likeness (QED) is 0.422. The van der Waals surface area contributed by atoms with Crippen LogP contribution >= 0.6 is 0 Å². The van der Waals surface area contributed by atoms with Gasteiger partial charge in [-0.3, -0.25) is 19.1 Å². The first kappa shape index (κ1) is 21.2. The van der Waals surface area contributed by atoms with Crippen molar-refractivity contribution in [3.8, 4) is 0 Å². The fraction of sp³-hybridized carbons (Fsp3) is 0.227. The molecule has 2 atom stereocenters. The van der Waals surface area contributed by atoms with Gasteiger partial charge in [0.05, 0.1) is 12.2 Å². The molecular weight excluding hydrogens is 440 g/mol. The molecule has 2 unspecified atom stereocenters. The Labute approximate surface area is 192 Å². The van der Waals surface area contributed by atoms with E-state index in [2.05, 4.69) is 25.5 Å². The van der Waals surface area contributed by atoms with Gasteiger partial charge in [0.1, 0.15) is 5.41 Å². The van der Waals surface area contributed by atoms with Crippen molar-refractivity contribution in [1.29, 1.82) is 0 Å². The second kappa shape index (κ2) is 8.06. The zero-order chi connectivity index (χ0) is 23.9. The number of fused-ring (bicyclic) bond motifs is 3. The van der Waals surface area contributed by atoms with Gasteiger partial charge >= 0.3 is 0 Å². The van der Waals surface area contributed by atoms with Gasteiger partial charge in [0.25, 0.3) is 18.2 Å². The number of hydrogen-bond acceptors (Lipinski definition) is 7. The molecule has 0 aliphatic carbocycles. The molecule has 2 aliphatic heterocycles. The smallest absolute Gasteiger partial charge is 0.294 e. The van der Waals surface area contributed by atoms with Crippen LogP contribution in [0.2, 0.25) is 0 Å². The van der Waals surface area contributed by atoms with Crippen molar-refractivity contribution in [3.05, 3.63) is 72.1 Å². The molecule has 0 radical (unpaired) electrons. The average Bonchev–Trinajstić information content (AvgIpc) is 3.60. The topological polar surface area (TPSA) is 148 Å². The van der Waals surface area contributed by atoms with Crippen molar-refractivity contribution in [2.75, 3.05) is 11.9 Å². The van der Waals surface area contributed by atoms with Crippen LogP contribution in [-0.2, 0) is 22.1 Å². The van der Waals surface area contributed by atoms with Gasteiger partial charge < -0.3 is 15.3 Å². The number of anilines is 1. The predicted octanol–water partition coefficient (Wildman–Crippen LogP) is 1.04. The first-order chi connectivity index (χ1) is 16.5. The minimum atomic E-state index is -0.896. The van der Waals surface area contributed by atoms with E-state index < -0.39 is 11.5 Å². The third-order valence-corrected chi connectivity index (χ3v) is 6.20. The number of benzene rings is 1. The molecule has 3 aromatic heterocycles. The van der Waals surface area contributed by atoms with Gasteiger partial charge in [0, 0.05) is 43.4 Å². The summed E-state index contributed by atoms with van der Waals surface area (Å²) < 4.78 is 3.14. The molecule has 1 saturated heterocycles. The molecular formula is C22H20N8O4. The van der Waals surface area contributed by atoms with Gasteiger partial charge in [-0.15, -0.1) is 5.10 Å². The van der Waals surface area contributed by atoms with Crippen LogP contribution in [0.5, 0.6) is 0 Å². The minimum Gasteiger partial charge on any atom is -0.483 e. The van der Waals surface area contributed by atoms with Gasteiger partial charge in [-0.05, 0) is 24.1 Å². The lowest BCUT2D eigenvalue weighted by Gasteiger charge is -2.32. The Bertz CT molecular complexity index is 1380. The van der Waals surface area contributed by atoms with Crippen molar-refractivity contribution in [1.82, 2.24) is 34.3 Å². The Hall–Kier alpha value is -4.61. The molecule has 6 rings (SSSR count). The molecule has 5 heterocycles. The summed E-state index contributed by atoms with van der Waals surface area (Å²) in [4.78, 5) is 45.4. The van der Waals surface area contributed by atoms with E-state index in [1.807, 2.05) is 37.5 Å². The molecule has 2 aliphatic rings. The third-order valence-electron chi connectivity index (χ3n) is 6.20. The summed E-state index contributed by atoms with van der Waals surface area (Å²) in [5.74, 6) is -0.0473. The zero-order valence-electron chi connectivity index (χ0n) is 18.1. The highest BCUT2D eigenvalue weighted by Gasteiger charge is 2.60. The first-order valence-electron chi connectivity index (χ1n) is 10.5. The number of likely N-dealkylation sites (tertiary alicyclic amines) is 1. The second-order valence-corrected chi connectivity index (χ2v) is 7.97. The maximum atomic E-state index is 13.6. The van der Waals surface area contributed by atoms with E-state index in [0.29, 0.717) is 18.7 Å². The summed E-state index contributed by atoms with van der Waals surface area (Å²) in [6, 6.07) is 8.85. The predicted molar refractivity (Wildman–Crippen MR) is 118 cm³/mol. The number of rotatable bonds is 2. The van der Waals surface area contributed by atoms with Crippen molar-refractivity contribution in [2.45, 2.75) is 17.9 Å². The Morgan fingerprint density at radius 1 is 1.29 bits per heavy atom. The van der Waals surface area contributed by atoms with Gasteiger partial charge in [-0.25, -0.2) is 9.50 Å². The van der Waals surface area contributed by atoms with E-state index in [-0.39, 0.29) is 24.1 Å². The minimum absolute atomic E-state index is 0.0522. The van der Waals surface area contributed by atoms with Crippen LogP contribution in [0.3, 0.4) is 0 Å². The average molecular weight is 460 g/mol. The number of carboxylic acid groups (broad SMARTS) is 1. The van der Waals surface area contributed by atoms with Crippen LogP contribution in [-0.4, -0.2) is 64.2 Å². The SMILES string of the molecule is Cn1cc(C2N(C(=O)c3nc4ncccn4n3)CCC23C(=O)Nc2ccccc23)cn1.O=CO. The highest BCUT2D eigenvalue weighted by Crippen LogP contribution is 2.54. The molecule has 12 heteroatoms. The summed E-state index contributed by atoms with van der Waals surface area (Å²) in [5.41, 5.74) is 1.58. The fourth-order valence-corrected chi connectivity index (χ4v) is 4.90. The highest BCUT2D eigenvalue weighted by molar-refractivity contribution is 6.08. The first-order valence-corrected chi connectivity index (χ1v) is 10.5. The lowest BCUT2D eigenvalue weighted by atomic mass is 9.73. The second-order valence-electron chi connectivity index (χ2n) is 7.97. The van der Waals surface area contributed by atoms with Crippen molar-refractivity contribution in [3.63, 3.8) is 0 Å². The zero-order valence-corrected chi connectivity index (χ0v) is 18.1. The van der Waals surface area contributed by atoms with Gasteiger partial charge in [-0.1, -0.05) is 18.2 Å². The summed E-state index contributed by atoms with van der Waals surface area (Å²) in [6.07, 6.45) is 7.35. The molecule has 1 spiro atoms. The van der Waals surface area contributed by atoms with Crippen LogP contribution in [0.4, 0.5) is 5.69 Å². The van der Waals surface area contributed by atoms with E-state index in [1.165, 1.54) is 4.52 Å². The van der Waals surface area contributed by atoms with Crippen LogP contribution in [0.25, 0.3) is 5.78 Å². The Kier molecular flexibility index (Phi) is 5.04. The molecule has 172 valence electrons. The van der Waals surface area contributed by atoms with E-state index in [4.69, 9.17) is 9.90 Å². The van der Waals surface area contributed by atoms with E-state index in [1.54, 1.807) is 34.2 Å². The summed E-state index contributed by atoms with van der Waals surface area (Å²) in [6.45, 7) is 0.142. The molecule has 2 N–H and O–H groups in total. The third kappa shape index (κ3) is 3.10. The number of amides is 2. The fourth-order valence-electron chi connectivity index (χ4n) is 4.90. The maximum absolute atomic E-state index is 13.6. The standard InChI is InChI=1S/C21H18N8O2.CH2O2/c1-27-12-13(11-23-27)16-21(14-5-2-3-6-15(14)24-19(21)31)7-10-28(16)18(30)17-25-20-22-8-4-9-29(20)26-17;2-1-3/h2-6,8-9,11-12,16H,7,10H2,1H3,(H,24,31);1H,(H,2,3). The number of nitrogens with one attached hydrogen (secondary N) is 1. The molecule has 2 amide bonds. The molecule has 1 fully saturated rings. The van der Waals surface area contributed by atoms with Crippen molar-refractivity contribution < 1.29 is 19.5 Å². The van der Waals surface area contributed by atoms with Crippen LogP contribution in [0, 0.1) is 0 Å². The van der Waals surface area contributed by atoms with Gasteiger partial charge in [0.15, 0.2) is 0 Å².